The van der Waals surface area contributed by atoms with E-state index in [1.807, 2.05) is 18.2 Å². The van der Waals surface area contributed by atoms with E-state index < -0.39 is 0 Å². The highest BCUT2D eigenvalue weighted by atomic mass is 79.9. The van der Waals surface area contributed by atoms with E-state index in [4.69, 9.17) is 12.2 Å². The molecule has 0 amide bonds. The first-order chi connectivity index (χ1) is 8.63. The van der Waals surface area contributed by atoms with E-state index in [0.29, 0.717) is 10.6 Å². The number of nitrogens with one attached hydrogen (secondary N) is 1. The number of aromatic amines is 1. The molecule has 2 rings (SSSR count). The minimum absolute atomic E-state index is 0.377. The van der Waals surface area contributed by atoms with Gasteiger partial charge in [-0.15, -0.1) is 0 Å². The van der Waals surface area contributed by atoms with Gasteiger partial charge in [0.15, 0.2) is 0 Å². The summed E-state index contributed by atoms with van der Waals surface area (Å²) in [6, 6.07) is 10.2. The quantitative estimate of drug-likeness (QED) is 0.798. The Balaban J connectivity index is 2.60. The monoisotopic (exact) mass is 322 g/mol. The molecule has 1 aromatic heterocycles. The van der Waals surface area contributed by atoms with Gasteiger partial charge in [0, 0.05) is 5.92 Å². The van der Waals surface area contributed by atoms with Crippen molar-refractivity contribution < 1.29 is 0 Å². The van der Waals surface area contributed by atoms with E-state index >= 15 is 0 Å². The molecule has 1 heterocycles. The van der Waals surface area contributed by atoms with Gasteiger partial charge < -0.3 is 4.98 Å². The molecular weight excluding hydrogens is 308 g/mol. The molecule has 1 aromatic carbocycles. The normalized spacial score (nSPS) is 12.4. The number of nitrogens with zero attached hydrogens (tertiary/aromatic N) is 1. The van der Waals surface area contributed by atoms with Crippen molar-refractivity contribution in [2.24, 2.45) is 0 Å². The molecule has 18 heavy (non-hydrogen) atoms. The maximum atomic E-state index is 5.32. The summed E-state index contributed by atoms with van der Waals surface area (Å²) in [6.45, 7) is 4.30. The van der Waals surface area contributed by atoms with Gasteiger partial charge >= 0.3 is 0 Å². The summed E-state index contributed by atoms with van der Waals surface area (Å²) in [5, 5.41) is 0. The van der Waals surface area contributed by atoms with Crippen LogP contribution in [0.25, 0.3) is 11.3 Å². The van der Waals surface area contributed by atoms with Gasteiger partial charge in [-0.3, -0.25) is 0 Å². The highest BCUT2D eigenvalue weighted by molar-refractivity contribution is 9.10. The van der Waals surface area contributed by atoms with Crippen LogP contribution in [0.4, 0.5) is 0 Å². The molecule has 1 atom stereocenters. The van der Waals surface area contributed by atoms with Crippen molar-refractivity contribution in [3.05, 3.63) is 45.3 Å². The van der Waals surface area contributed by atoms with E-state index in [9.17, 15) is 0 Å². The first kappa shape index (κ1) is 13.4. The zero-order valence-corrected chi connectivity index (χ0v) is 12.8. The SMILES string of the molecule is CCC(C)c1nc(=S)c(Br)c(-c2ccccc2)[nH]1. The van der Waals surface area contributed by atoms with Gasteiger partial charge in [0.05, 0.1) is 10.2 Å². The van der Waals surface area contributed by atoms with Gasteiger partial charge in [0.25, 0.3) is 0 Å². The van der Waals surface area contributed by atoms with E-state index in [-0.39, 0.29) is 0 Å². The molecule has 0 saturated carbocycles. The molecule has 0 saturated heterocycles. The van der Waals surface area contributed by atoms with E-state index in [1.165, 1.54) is 0 Å². The van der Waals surface area contributed by atoms with Crippen LogP contribution in [-0.2, 0) is 0 Å². The first-order valence-corrected chi connectivity index (χ1v) is 7.18. The number of hydrogen-bond acceptors (Lipinski definition) is 2. The van der Waals surface area contributed by atoms with E-state index in [0.717, 1.165) is 28.0 Å². The number of halogens is 1. The number of benzene rings is 1. The average Bonchev–Trinajstić information content (AvgIpc) is 2.41. The molecule has 4 heteroatoms. The fraction of sp³-hybridized carbons (Fsp3) is 0.286. The van der Waals surface area contributed by atoms with Crippen LogP contribution in [0, 0.1) is 4.64 Å². The van der Waals surface area contributed by atoms with Gasteiger partial charge in [-0.25, -0.2) is 4.98 Å². The van der Waals surface area contributed by atoms with E-state index in [2.05, 4.69) is 51.9 Å². The highest BCUT2D eigenvalue weighted by Gasteiger charge is 2.11. The third-order valence-corrected chi connectivity index (χ3v) is 4.35. The van der Waals surface area contributed by atoms with Gasteiger partial charge in [-0.1, -0.05) is 56.4 Å². The van der Waals surface area contributed by atoms with Gasteiger partial charge in [0.1, 0.15) is 10.5 Å². The maximum absolute atomic E-state index is 5.32. The Labute approximate surface area is 121 Å². The van der Waals surface area contributed by atoms with Crippen LogP contribution in [0.15, 0.2) is 34.8 Å². The molecule has 1 N–H and O–H groups in total. The Morgan fingerprint density at radius 1 is 1.33 bits per heavy atom. The van der Waals surface area contributed by atoms with Crippen molar-refractivity contribution >= 4 is 28.1 Å². The molecule has 0 aliphatic rings. The van der Waals surface area contributed by atoms with Crippen LogP contribution >= 0.6 is 28.1 Å². The first-order valence-electron chi connectivity index (χ1n) is 5.98. The van der Waals surface area contributed by atoms with Crippen molar-refractivity contribution in [1.82, 2.24) is 9.97 Å². The van der Waals surface area contributed by atoms with Crippen molar-refractivity contribution in [2.75, 3.05) is 0 Å². The molecule has 0 radical (unpaired) electrons. The Morgan fingerprint density at radius 3 is 2.61 bits per heavy atom. The van der Waals surface area contributed by atoms with Gasteiger partial charge in [-0.2, -0.15) is 0 Å². The van der Waals surface area contributed by atoms with Crippen LogP contribution in [0.1, 0.15) is 32.0 Å². The highest BCUT2D eigenvalue weighted by Crippen LogP contribution is 2.28. The predicted octanol–water partition coefficient (Wildman–Crippen LogP) is 5.08. The molecule has 0 spiro atoms. The predicted molar refractivity (Wildman–Crippen MR) is 81.3 cm³/mol. The second-order valence-corrected chi connectivity index (χ2v) is 5.47. The van der Waals surface area contributed by atoms with Crippen molar-refractivity contribution in [3.63, 3.8) is 0 Å². The lowest BCUT2D eigenvalue weighted by molar-refractivity contribution is 0.677. The van der Waals surface area contributed by atoms with Crippen LogP contribution in [0.3, 0.4) is 0 Å². The summed E-state index contributed by atoms with van der Waals surface area (Å²) in [4.78, 5) is 7.84. The molecule has 94 valence electrons. The molecule has 1 unspecified atom stereocenters. The molecule has 0 bridgehead atoms. The minimum atomic E-state index is 0.377. The van der Waals surface area contributed by atoms with Crippen LogP contribution < -0.4 is 0 Å². The van der Waals surface area contributed by atoms with Gasteiger partial charge in [-0.05, 0) is 27.9 Å². The van der Waals surface area contributed by atoms with Crippen LogP contribution in [-0.4, -0.2) is 9.97 Å². The minimum Gasteiger partial charge on any atom is -0.342 e. The molecule has 0 aliphatic carbocycles. The van der Waals surface area contributed by atoms with E-state index in [1.54, 1.807) is 0 Å². The molecule has 2 aromatic rings. The second-order valence-electron chi connectivity index (χ2n) is 4.29. The molecule has 0 aliphatic heterocycles. The van der Waals surface area contributed by atoms with Crippen molar-refractivity contribution in [2.45, 2.75) is 26.2 Å². The Bertz CT molecular complexity index is 592. The summed E-state index contributed by atoms with van der Waals surface area (Å²) < 4.78 is 1.47. The molecule has 0 fully saturated rings. The number of aromatic nitrogens is 2. The summed E-state index contributed by atoms with van der Waals surface area (Å²) in [5.41, 5.74) is 2.12. The summed E-state index contributed by atoms with van der Waals surface area (Å²) in [6.07, 6.45) is 1.04. The average molecular weight is 323 g/mol. The third kappa shape index (κ3) is 2.70. The topological polar surface area (TPSA) is 28.7 Å². The zero-order chi connectivity index (χ0) is 13.1. The largest absolute Gasteiger partial charge is 0.342 e. The van der Waals surface area contributed by atoms with Gasteiger partial charge in [0.2, 0.25) is 0 Å². The lowest BCUT2D eigenvalue weighted by Gasteiger charge is -2.12. The zero-order valence-electron chi connectivity index (χ0n) is 10.4. The lowest BCUT2D eigenvalue weighted by atomic mass is 10.1. The number of rotatable bonds is 3. The maximum Gasteiger partial charge on any atom is 0.144 e. The fourth-order valence-corrected chi connectivity index (χ4v) is 2.32. The van der Waals surface area contributed by atoms with Crippen LogP contribution in [0.5, 0.6) is 0 Å². The number of hydrogen-bond donors (Lipinski definition) is 1. The van der Waals surface area contributed by atoms with Crippen molar-refractivity contribution in [3.8, 4) is 11.3 Å². The van der Waals surface area contributed by atoms with Crippen molar-refractivity contribution in [1.29, 1.82) is 0 Å². The Hall–Kier alpha value is -1.00. The smallest absolute Gasteiger partial charge is 0.144 e. The summed E-state index contributed by atoms with van der Waals surface area (Å²) in [7, 11) is 0. The third-order valence-electron chi connectivity index (χ3n) is 3.02. The van der Waals surface area contributed by atoms with Crippen LogP contribution in [0.2, 0.25) is 0 Å². The molecular formula is C14H15BrN2S. The Kier molecular flexibility index (Phi) is 4.30. The Morgan fingerprint density at radius 2 is 2.00 bits per heavy atom. The standard InChI is InChI=1S/C14H15BrN2S/c1-3-9(2)13-16-12(11(15)14(18)17-13)10-7-5-4-6-8-10/h4-9H,3H2,1-2H3,(H,16,17,18). The lowest BCUT2D eigenvalue weighted by Crippen LogP contribution is -2.02. The summed E-state index contributed by atoms with van der Waals surface area (Å²) >= 11 is 8.84. The second kappa shape index (κ2) is 5.76. The summed E-state index contributed by atoms with van der Waals surface area (Å²) in [5.74, 6) is 1.33. The number of H-pyrrole nitrogens is 1. The molecule has 2 nitrogen and oxygen atoms in total. The fourth-order valence-electron chi connectivity index (χ4n) is 1.71.